The number of allylic oxidation sites excluding steroid dienone is 2. The molecule has 1 aliphatic carbocycles. The molecule has 5 rings (SSSR count). The van der Waals surface area contributed by atoms with Gasteiger partial charge in [-0.15, -0.1) is 0 Å². The van der Waals surface area contributed by atoms with Crippen LogP contribution in [0.1, 0.15) is 29.7 Å². The predicted molar refractivity (Wildman–Crippen MR) is 130 cm³/mol. The molecule has 0 aromatic heterocycles. The minimum absolute atomic E-state index is 0. The SMILES string of the molecule is C.C(#Cc1ccccc1)c1ccccc1.FC1(F)C(c2ccccc2)=C1c1ccccc1. The molecule has 0 radical (unpaired) electrons. The van der Waals surface area contributed by atoms with E-state index in [0.717, 1.165) is 11.1 Å². The second-order valence-electron chi connectivity index (χ2n) is 7.04. The Balaban J connectivity index is 0.000000178. The largest absolute Gasteiger partial charge is 0.300 e. The van der Waals surface area contributed by atoms with Crippen LogP contribution in [0, 0.1) is 11.8 Å². The van der Waals surface area contributed by atoms with Crippen LogP contribution in [0.4, 0.5) is 8.78 Å². The molecule has 0 saturated carbocycles. The van der Waals surface area contributed by atoms with Gasteiger partial charge in [-0.25, -0.2) is 0 Å². The first-order valence-electron chi connectivity index (χ1n) is 10.0. The Morgan fingerprint density at radius 2 is 0.719 bits per heavy atom. The van der Waals surface area contributed by atoms with E-state index >= 15 is 0 Å². The van der Waals surface area contributed by atoms with E-state index in [-0.39, 0.29) is 18.6 Å². The Bertz CT molecular complexity index is 1120. The van der Waals surface area contributed by atoms with Crippen LogP contribution in [-0.4, -0.2) is 5.92 Å². The van der Waals surface area contributed by atoms with E-state index in [9.17, 15) is 8.78 Å². The lowest BCUT2D eigenvalue weighted by molar-refractivity contribution is 0.166. The predicted octanol–water partition coefficient (Wildman–Crippen LogP) is 7.97. The van der Waals surface area contributed by atoms with Gasteiger partial charge < -0.3 is 0 Å². The number of halogens is 2. The molecule has 0 aliphatic heterocycles. The van der Waals surface area contributed by atoms with E-state index in [0.29, 0.717) is 11.1 Å². The van der Waals surface area contributed by atoms with Crippen molar-refractivity contribution in [1.82, 2.24) is 0 Å². The van der Waals surface area contributed by atoms with E-state index in [1.54, 1.807) is 48.5 Å². The maximum atomic E-state index is 13.8. The van der Waals surface area contributed by atoms with Crippen molar-refractivity contribution in [2.24, 2.45) is 0 Å². The molecule has 0 unspecified atom stereocenters. The fourth-order valence-electron chi connectivity index (χ4n) is 3.28. The number of rotatable bonds is 2. The van der Waals surface area contributed by atoms with E-state index in [4.69, 9.17) is 0 Å². The summed E-state index contributed by atoms with van der Waals surface area (Å²) in [6.07, 6.45) is 0. The summed E-state index contributed by atoms with van der Waals surface area (Å²) < 4.78 is 27.5. The highest BCUT2D eigenvalue weighted by atomic mass is 19.3. The molecule has 4 aromatic rings. The van der Waals surface area contributed by atoms with Crippen LogP contribution in [0.15, 0.2) is 121 Å². The highest BCUT2D eigenvalue weighted by molar-refractivity contribution is 6.15. The Kier molecular flexibility index (Phi) is 7.37. The molecular formula is C30H24F2. The smallest absolute Gasteiger partial charge is 0.196 e. The number of hydrogen-bond acceptors (Lipinski definition) is 0. The van der Waals surface area contributed by atoms with Crippen molar-refractivity contribution < 1.29 is 8.78 Å². The minimum Gasteiger partial charge on any atom is -0.196 e. The van der Waals surface area contributed by atoms with Crippen molar-refractivity contribution >= 4 is 11.1 Å². The third kappa shape index (κ3) is 5.39. The first-order chi connectivity index (χ1) is 15.2. The van der Waals surface area contributed by atoms with Crippen molar-refractivity contribution in [3.8, 4) is 11.8 Å². The summed E-state index contributed by atoms with van der Waals surface area (Å²) in [7, 11) is 0. The number of alkyl halides is 2. The average molecular weight is 423 g/mol. The molecule has 0 nitrogen and oxygen atoms in total. The molecule has 2 heteroatoms. The molecule has 1 aliphatic rings. The fourth-order valence-corrected chi connectivity index (χ4v) is 3.28. The van der Waals surface area contributed by atoms with Crippen LogP contribution in [0.5, 0.6) is 0 Å². The molecule has 4 aromatic carbocycles. The summed E-state index contributed by atoms with van der Waals surface area (Å²) in [5, 5.41) is 0. The van der Waals surface area contributed by atoms with E-state index in [1.165, 1.54) is 0 Å². The Hall–Kier alpha value is -3.96. The quantitative estimate of drug-likeness (QED) is 0.287. The molecule has 32 heavy (non-hydrogen) atoms. The average Bonchev–Trinajstić information content (AvgIpc) is 3.42. The summed E-state index contributed by atoms with van der Waals surface area (Å²) >= 11 is 0. The second-order valence-corrected chi connectivity index (χ2v) is 7.04. The summed E-state index contributed by atoms with van der Waals surface area (Å²) in [4.78, 5) is 0. The zero-order valence-corrected chi connectivity index (χ0v) is 16.8. The van der Waals surface area contributed by atoms with Crippen molar-refractivity contribution in [2.45, 2.75) is 13.3 Å². The molecule has 0 spiro atoms. The highest BCUT2D eigenvalue weighted by Gasteiger charge is 2.56. The Morgan fingerprint density at radius 1 is 0.438 bits per heavy atom. The number of benzene rings is 4. The van der Waals surface area contributed by atoms with Gasteiger partial charge in [0.05, 0.1) is 0 Å². The molecule has 0 fully saturated rings. The lowest BCUT2D eigenvalue weighted by Crippen LogP contribution is -1.96. The third-order valence-corrected chi connectivity index (χ3v) is 4.84. The normalized spacial score (nSPS) is 12.9. The Labute approximate surface area is 188 Å². The maximum Gasteiger partial charge on any atom is 0.300 e. The first-order valence-corrected chi connectivity index (χ1v) is 10.0. The van der Waals surface area contributed by atoms with Gasteiger partial charge in [0.15, 0.2) is 0 Å². The van der Waals surface area contributed by atoms with Crippen LogP contribution in [0.25, 0.3) is 11.1 Å². The van der Waals surface area contributed by atoms with Gasteiger partial charge in [0.1, 0.15) is 0 Å². The first kappa shape index (κ1) is 22.7. The van der Waals surface area contributed by atoms with E-state index in [1.807, 2.05) is 72.8 Å². The van der Waals surface area contributed by atoms with Crippen molar-refractivity contribution in [2.75, 3.05) is 0 Å². The molecule has 0 N–H and O–H groups in total. The van der Waals surface area contributed by atoms with Crippen molar-refractivity contribution in [3.05, 3.63) is 144 Å². The summed E-state index contributed by atoms with van der Waals surface area (Å²) in [6, 6.07) is 37.7. The summed E-state index contributed by atoms with van der Waals surface area (Å²) in [5.41, 5.74) is 3.63. The van der Waals surface area contributed by atoms with Crippen molar-refractivity contribution in [3.63, 3.8) is 0 Å². The van der Waals surface area contributed by atoms with Gasteiger partial charge in [-0.2, -0.15) is 8.78 Å². The summed E-state index contributed by atoms with van der Waals surface area (Å²) in [6.45, 7) is 0. The van der Waals surface area contributed by atoms with Crippen LogP contribution in [0.2, 0.25) is 0 Å². The molecule has 0 bridgehead atoms. The molecular weight excluding hydrogens is 398 g/mol. The fraction of sp³-hybridized carbons (Fsp3) is 0.0667. The standard InChI is InChI=1S/C15H10F2.C14H10.CH4/c16-15(17)13(11-7-3-1-4-8-11)14(15)12-9-5-2-6-10-12;1-3-7-13(8-4-1)11-12-14-9-5-2-6-10-14;/h1-10H;1-10H;1H4. The number of hydrogen-bond donors (Lipinski definition) is 0. The molecule has 0 atom stereocenters. The monoisotopic (exact) mass is 422 g/mol. The van der Waals surface area contributed by atoms with Crippen LogP contribution >= 0.6 is 0 Å². The highest BCUT2D eigenvalue weighted by Crippen LogP contribution is 2.60. The zero-order chi connectivity index (χ0) is 21.5. The molecule has 0 saturated heterocycles. The maximum absolute atomic E-state index is 13.8. The van der Waals surface area contributed by atoms with Gasteiger partial charge in [0, 0.05) is 22.3 Å². The molecule has 0 amide bonds. The minimum atomic E-state index is -2.78. The Morgan fingerprint density at radius 3 is 1.03 bits per heavy atom. The summed E-state index contributed by atoms with van der Waals surface area (Å²) in [5.74, 6) is 3.45. The van der Waals surface area contributed by atoms with Crippen LogP contribution in [0.3, 0.4) is 0 Å². The molecule has 158 valence electrons. The van der Waals surface area contributed by atoms with Gasteiger partial charge in [-0.3, -0.25) is 0 Å². The lowest BCUT2D eigenvalue weighted by atomic mass is 10.1. The van der Waals surface area contributed by atoms with Crippen molar-refractivity contribution in [1.29, 1.82) is 0 Å². The van der Waals surface area contributed by atoms with E-state index in [2.05, 4.69) is 11.8 Å². The van der Waals surface area contributed by atoms with Gasteiger partial charge in [-0.05, 0) is 35.4 Å². The third-order valence-electron chi connectivity index (χ3n) is 4.84. The lowest BCUT2D eigenvalue weighted by Gasteiger charge is -1.98. The van der Waals surface area contributed by atoms with Crippen LogP contribution in [-0.2, 0) is 0 Å². The topological polar surface area (TPSA) is 0 Å². The van der Waals surface area contributed by atoms with Crippen LogP contribution < -0.4 is 0 Å². The zero-order valence-electron chi connectivity index (χ0n) is 16.8. The van der Waals surface area contributed by atoms with Gasteiger partial charge >= 0.3 is 5.92 Å². The second kappa shape index (κ2) is 10.4. The van der Waals surface area contributed by atoms with Gasteiger partial charge in [-0.1, -0.05) is 116 Å². The van der Waals surface area contributed by atoms with E-state index < -0.39 is 5.92 Å². The van der Waals surface area contributed by atoms with Gasteiger partial charge in [0.2, 0.25) is 0 Å². The van der Waals surface area contributed by atoms with Gasteiger partial charge in [0.25, 0.3) is 0 Å². The molecule has 0 heterocycles.